The number of benzene rings is 2. The van der Waals surface area contributed by atoms with E-state index >= 15 is 0 Å². The number of nitrogens with one attached hydrogen (secondary N) is 1. The van der Waals surface area contributed by atoms with Gasteiger partial charge in [-0.1, -0.05) is 30.3 Å². The molecule has 0 amide bonds. The predicted octanol–water partition coefficient (Wildman–Crippen LogP) is 4.25. The third kappa shape index (κ3) is 1.49. The van der Waals surface area contributed by atoms with Gasteiger partial charge in [-0.3, -0.25) is 0 Å². The second kappa shape index (κ2) is 3.91. The third-order valence-electron chi connectivity index (χ3n) is 2.86. The highest BCUT2D eigenvalue weighted by Gasteiger charge is 2.18. The molecule has 0 aliphatic carbocycles. The van der Waals surface area contributed by atoms with E-state index in [4.69, 9.17) is 0 Å². The maximum atomic E-state index is 14.1. The van der Waals surface area contributed by atoms with Crippen LogP contribution in [0.4, 0.5) is 13.2 Å². The van der Waals surface area contributed by atoms with Crippen molar-refractivity contribution in [1.29, 1.82) is 0 Å². The molecular formula is C14H8F3N. The van der Waals surface area contributed by atoms with E-state index in [-0.39, 0.29) is 16.6 Å². The monoisotopic (exact) mass is 247 g/mol. The molecule has 0 fully saturated rings. The molecule has 1 nitrogen and oxygen atoms in total. The summed E-state index contributed by atoms with van der Waals surface area (Å²) in [5, 5.41) is -0.339. The zero-order valence-corrected chi connectivity index (χ0v) is 9.18. The molecule has 1 heterocycles. The summed E-state index contributed by atoms with van der Waals surface area (Å²) < 4.78 is 40.8. The number of halogens is 3. The van der Waals surface area contributed by atoms with Crippen LogP contribution >= 0.6 is 0 Å². The molecule has 90 valence electrons. The predicted molar refractivity (Wildman–Crippen MR) is 63.6 cm³/mol. The highest BCUT2D eigenvalue weighted by molar-refractivity contribution is 5.87. The molecule has 18 heavy (non-hydrogen) atoms. The van der Waals surface area contributed by atoms with Crippen molar-refractivity contribution in [1.82, 2.24) is 4.98 Å². The van der Waals surface area contributed by atoms with Gasteiger partial charge < -0.3 is 4.98 Å². The number of aromatic amines is 1. The second-order valence-electron chi connectivity index (χ2n) is 3.96. The van der Waals surface area contributed by atoms with Gasteiger partial charge in [0.2, 0.25) is 0 Å². The fraction of sp³-hybridized carbons (Fsp3) is 0. The smallest absolute Gasteiger partial charge is 0.171 e. The van der Waals surface area contributed by atoms with E-state index in [1.54, 1.807) is 30.3 Å². The Bertz CT molecular complexity index is 717. The first-order valence-corrected chi connectivity index (χ1v) is 5.39. The maximum absolute atomic E-state index is 14.1. The molecule has 0 saturated heterocycles. The van der Waals surface area contributed by atoms with Gasteiger partial charge >= 0.3 is 0 Å². The number of hydrogen-bond acceptors (Lipinski definition) is 0. The molecule has 0 radical (unpaired) electrons. The molecular weight excluding hydrogens is 239 g/mol. The summed E-state index contributed by atoms with van der Waals surface area (Å²) in [5.41, 5.74) is 0.992. The Kier molecular flexibility index (Phi) is 2.37. The molecule has 4 heteroatoms. The summed E-state index contributed by atoms with van der Waals surface area (Å²) in [5.74, 6) is -2.99. The van der Waals surface area contributed by atoms with Crippen LogP contribution in [0.5, 0.6) is 0 Å². The number of fused-ring (bicyclic) bond motifs is 1. The van der Waals surface area contributed by atoms with Crippen molar-refractivity contribution in [3.05, 3.63) is 59.9 Å². The van der Waals surface area contributed by atoms with Crippen molar-refractivity contribution in [2.75, 3.05) is 0 Å². The quantitative estimate of drug-likeness (QED) is 0.661. The molecule has 0 bridgehead atoms. The highest BCUT2D eigenvalue weighted by atomic mass is 19.2. The Hall–Kier alpha value is -2.23. The van der Waals surface area contributed by atoms with E-state index < -0.39 is 17.5 Å². The summed E-state index contributed by atoms with van der Waals surface area (Å²) >= 11 is 0. The molecule has 0 aliphatic rings. The van der Waals surface area contributed by atoms with Crippen LogP contribution in [0.15, 0.2) is 42.5 Å². The number of H-pyrrole nitrogens is 1. The number of hydrogen-bond donors (Lipinski definition) is 1. The van der Waals surface area contributed by atoms with E-state index in [0.29, 0.717) is 5.56 Å². The lowest BCUT2D eigenvalue weighted by Crippen LogP contribution is -1.85. The summed E-state index contributed by atoms with van der Waals surface area (Å²) in [6.07, 6.45) is 0. The van der Waals surface area contributed by atoms with Crippen molar-refractivity contribution < 1.29 is 13.2 Å². The van der Waals surface area contributed by atoms with Gasteiger partial charge in [0.1, 0.15) is 0 Å². The lowest BCUT2D eigenvalue weighted by atomic mass is 10.1. The van der Waals surface area contributed by atoms with Crippen LogP contribution in [0.3, 0.4) is 0 Å². The number of aromatic nitrogens is 1. The van der Waals surface area contributed by atoms with Crippen LogP contribution < -0.4 is 0 Å². The molecule has 3 rings (SSSR count). The lowest BCUT2D eigenvalue weighted by molar-refractivity contribution is 0.512. The standard InChI is InChI=1S/C14H8F3N/c15-9-6-7-10-11(12(9)16)13(17)14(18-10)8-4-2-1-3-5-8/h1-7,18H. The van der Waals surface area contributed by atoms with Crippen LogP contribution in [0.25, 0.3) is 22.2 Å². The van der Waals surface area contributed by atoms with Crippen molar-refractivity contribution >= 4 is 10.9 Å². The van der Waals surface area contributed by atoms with Gasteiger partial charge in [-0.15, -0.1) is 0 Å². The molecule has 0 spiro atoms. The fourth-order valence-electron chi connectivity index (χ4n) is 1.99. The van der Waals surface area contributed by atoms with E-state index in [2.05, 4.69) is 4.98 Å². The topological polar surface area (TPSA) is 15.8 Å². The van der Waals surface area contributed by atoms with Crippen LogP contribution in [-0.2, 0) is 0 Å². The Morgan fingerprint density at radius 2 is 1.50 bits per heavy atom. The van der Waals surface area contributed by atoms with Crippen LogP contribution in [0.2, 0.25) is 0 Å². The second-order valence-corrected chi connectivity index (χ2v) is 3.96. The number of rotatable bonds is 1. The highest BCUT2D eigenvalue weighted by Crippen LogP contribution is 2.31. The minimum Gasteiger partial charge on any atom is -0.352 e. The van der Waals surface area contributed by atoms with Gasteiger partial charge in [0.05, 0.1) is 16.6 Å². The molecule has 1 N–H and O–H groups in total. The minimum atomic E-state index is -1.16. The Balaban J connectivity index is 2.34. The van der Waals surface area contributed by atoms with Crippen molar-refractivity contribution in [2.24, 2.45) is 0 Å². The van der Waals surface area contributed by atoms with Crippen LogP contribution in [-0.4, -0.2) is 4.98 Å². The molecule has 0 saturated carbocycles. The molecule has 1 aromatic heterocycles. The zero-order valence-electron chi connectivity index (χ0n) is 9.18. The van der Waals surface area contributed by atoms with E-state index in [9.17, 15) is 13.2 Å². The van der Waals surface area contributed by atoms with Gasteiger partial charge in [-0.25, -0.2) is 13.2 Å². The Morgan fingerprint density at radius 1 is 0.778 bits per heavy atom. The van der Waals surface area contributed by atoms with Gasteiger partial charge in [0.25, 0.3) is 0 Å². The molecule has 0 atom stereocenters. The van der Waals surface area contributed by atoms with E-state index in [1.165, 1.54) is 6.07 Å². The minimum absolute atomic E-state index is 0.162. The lowest BCUT2D eigenvalue weighted by Gasteiger charge is -1.97. The first kappa shape index (κ1) is 10.9. The van der Waals surface area contributed by atoms with Crippen LogP contribution in [0.1, 0.15) is 0 Å². The maximum Gasteiger partial charge on any atom is 0.171 e. The zero-order chi connectivity index (χ0) is 12.7. The summed E-state index contributed by atoms with van der Waals surface area (Å²) in [6, 6.07) is 11.0. The van der Waals surface area contributed by atoms with Crippen molar-refractivity contribution in [2.45, 2.75) is 0 Å². The summed E-state index contributed by atoms with van der Waals surface area (Å²) in [6.45, 7) is 0. The first-order chi connectivity index (χ1) is 8.68. The average molecular weight is 247 g/mol. The summed E-state index contributed by atoms with van der Waals surface area (Å²) in [7, 11) is 0. The fourth-order valence-corrected chi connectivity index (χ4v) is 1.99. The van der Waals surface area contributed by atoms with E-state index in [1.807, 2.05) is 0 Å². The van der Waals surface area contributed by atoms with Crippen LogP contribution in [0, 0.1) is 17.5 Å². The van der Waals surface area contributed by atoms with Gasteiger partial charge in [-0.05, 0) is 12.1 Å². The van der Waals surface area contributed by atoms with Crippen molar-refractivity contribution in [3.63, 3.8) is 0 Å². The van der Waals surface area contributed by atoms with Gasteiger partial charge in [-0.2, -0.15) is 0 Å². The third-order valence-corrected chi connectivity index (χ3v) is 2.86. The Morgan fingerprint density at radius 3 is 2.22 bits per heavy atom. The molecule has 3 aromatic rings. The van der Waals surface area contributed by atoms with Gasteiger partial charge in [0, 0.05) is 5.56 Å². The van der Waals surface area contributed by atoms with E-state index in [0.717, 1.165) is 6.07 Å². The first-order valence-electron chi connectivity index (χ1n) is 5.39. The van der Waals surface area contributed by atoms with Gasteiger partial charge in [0.15, 0.2) is 17.5 Å². The SMILES string of the molecule is Fc1ccc2[nH]c(-c3ccccc3)c(F)c2c1F. The molecule has 0 unspecified atom stereocenters. The normalized spacial score (nSPS) is 11.1. The largest absolute Gasteiger partial charge is 0.352 e. The average Bonchev–Trinajstić information content (AvgIpc) is 2.73. The Labute approximate surface area is 101 Å². The van der Waals surface area contributed by atoms with Crippen molar-refractivity contribution in [3.8, 4) is 11.3 Å². The summed E-state index contributed by atoms with van der Waals surface area (Å²) in [4.78, 5) is 2.77. The molecule has 2 aromatic carbocycles. The molecule has 0 aliphatic heterocycles.